The normalized spacial score (nSPS) is 12.6. The number of carbonyl (C=O) groups excluding carboxylic acids is 2. The van der Waals surface area contributed by atoms with Gasteiger partial charge in [-0.3, -0.25) is 14.6 Å². The summed E-state index contributed by atoms with van der Waals surface area (Å²) in [7, 11) is 0. The highest BCUT2D eigenvalue weighted by atomic mass is 16.1. The zero-order chi connectivity index (χ0) is 27.2. The van der Waals surface area contributed by atoms with Gasteiger partial charge in [-0.15, -0.1) is 0 Å². The van der Waals surface area contributed by atoms with Gasteiger partial charge < -0.3 is 0 Å². The van der Waals surface area contributed by atoms with Gasteiger partial charge in [0.1, 0.15) is 0 Å². The number of aromatic nitrogens is 1. The molecule has 1 saturated carbocycles. The predicted molar refractivity (Wildman–Crippen MR) is 159 cm³/mol. The first kappa shape index (κ1) is 29.9. The van der Waals surface area contributed by atoms with Crippen molar-refractivity contribution in [3.8, 4) is 11.3 Å². The molecule has 0 atom stereocenters. The zero-order valence-electron chi connectivity index (χ0n) is 23.3. The molecule has 1 aliphatic carbocycles. The second-order valence-electron chi connectivity index (χ2n) is 9.56. The maximum absolute atomic E-state index is 11.9. The van der Waals surface area contributed by atoms with Crippen molar-refractivity contribution in [2.75, 3.05) is 0 Å². The second-order valence-corrected chi connectivity index (χ2v) is 9.56. The molecule has 1 aromatic heterocycles. The van der Waals surface area contributed by atoms with Crippen molar-refractivity contribution < 1.29 is 11.0 Å². The van der Waals surface area contributed by atoms with Gasteiger partial charge in [-0.05, 0) is 56.9 Å². The highest BCUT2D eigenvalue weighted by Gasteiger charge is 2.15. The van der Waals surface area contributed by atoms with Crippen molar-refractivity contribution in [3.05, 3.63) is 95.2 Å². The van der Waals surface area contributed by atoms with E-state index in [0.717, 1.165) is 46.8 Å². The Morgan fingerprint density at radius 2 is 1.68 bits per heavy atom. The van der Waals surface area contributed by atoms with Crippen LogP contribution in [0.5, 0.6) is 0 Å². The number of benzene rings is 2. The molecule has 37 heavy (non-hydrogen) atoms. The van der Waals surface area contributed by atoms with E-state index in [-0.39, 0.29) is 7.21 Å². The van der Waals surface area contributed by atoms with Crippen LogP contribution in [-0.2, 0) is 0 Å². The summed E-state index contributed by atoms with van der Waals surface area (Å²) in [6.07, 6.45) is 10.3. The lowest BCUT2D eigenvalue weighted by Crippen LogP contribution is -2.01. The number of ketones is 2. The van der Waals surface area contributed by atoms with Crippen LogP contribution in [-0.4, -0.2) is 16.6 Å². The van der Waals surface area contributed by atoms with E-state index >= 15 is 0 Å². The van der Waals surface area contributed by atoms with E-state index in [1.54, 1.807) is 13.0 Å². The van der Waals surface area contributed by atoms with Crippen LogP contribution in [0, 0.1) is 19.8 Å². The maximum atomic E-state index is 11.9. The minimum atomic E-state index is 0. The van der Waals surface area contributed by atoms with Crippen LogP contribution in [0.2, 0.25) is 0 Å². The van der Waals surface area contributed by atoms with Crippen LogP contribution >= 0.6 is 0 Å². The second kappa shape index (κ2) is 15.7. The molecule has 1 aliphatic rings. The molecule has 0 spiro atoms. The Kier molecular flexibility index (Phi) is 12.7. The third-order valence-corrected chi connectivity index (χ3v) is 6.70. The highest BCUT2D eigenvalue weighted by molar-refractivity contribution is 5.98. The molecule has 0 N–H and O–H groups in total. The SMILES string of the molecule is C=Cc1cc(-c2cccc(C)n2)ccc1C(C)=O.CC.Cc1ccc(C(=O)CCCC2CCCC2)cc1.[HH]. The fraction of sp³-hybridized carbons (Fsp3) is 0.382. The lowest BCUT2D eigenvalue weighted by Gasteiger charge is -2.07. The van der Waals surface area contributed by atoms with Gasteiger partial charge >= 0.3 is 0 Å². The fourth-order valence-electron chi connectivity index (χ4n) is 4.65. The van der Waals surface area contributed by atoms with E-state index < -0.39 is 0 Å². The highest BCUT2D eigenvalue weighted by Crippen LogP contribution is 2.29. The van der Waals surface area contributed by atoms with Crippen molar-refractivity contribution in [1.29, 1.82) is 0 Å². The summed E-state index contributed by atoms with van der Waals surface area (Å²) in [6, 6.07) is 19.5. The summed E-state index contributed by atoms with van der Waals surface area (Å²) in [5.41, 5.74) is 6.52. The molecule has 3 aromatic rings. The van der Waals surface area contributed by atoms with Crippen LogP contribution in [0.1, 0.15) is 105 Å². The molecule has 3 heteroatoms. The Hall–Kier alpha value is -3.33. The summed E-state index contributed by atoms with van der Waals surface area (Å²) in [5, 5.41) is 0. The molecule has 198 valence electrons. The molecule has 0 amide bonds. The van der Waals surface area contributed by atoms with E-state index in [2.05, 4.69) is 11.6 Å². The minimum Gasteiger partial charge on any atom is -0.294 e. The van der Waals surface area contributed by atoms with Gasteiger partial charge in [-0.1, -0.05) is 107 Å². The molecule has 0 radical (unpaired) electrons. The first-order chi connectivity index (χ1) is 17.9. The van der Waals surface area contributed by atoms with Crippen molar-refractivity contribution in [1.82, 2.24) is 4.98 Å². The van der Waals surface area contributed by atoms with Crippen molar-refractivity contribution in [2.24, 2.45) is 5.92 Å². The summed E-state index contributed by atoms with van der Waals surface area (Å²) < 4.78 is 0. The van der Waals surface area contributed by atoms with Crippen LogP contribution in [0.4, 0.5) is 0 Å². The largest absolute Gasteiger partial charge is 0.294 e. The first-order valence-corrected chi connectivity index (χ1v) is 13.7. The van der Waals surface area contributed by atoms with E-state index in [1.165, 1.54) is 37.7 Å². The predicted octanol–water partition coefficient (Wildman–Crippen LogP) is 9.71. The molecule has 0 aliphatic heterocycles. The molecule has 0 saturated heterocycles. The molecular weight excluding hydrogens is 454 g/mol. The van der Waals surface area contributed by atoms with Crippen LogP contribution in [0.25, 0.3) is 17.3 Å². The van der Waals surface area contributed by atoms with E-state index in [9.17, 15) is 9.59 Å². The van der Waals surface area contributed by atoms with Gasteiger partial charge in [-0.25, -0.2) is 0 Å². The molecular formula is C34H45NO2. The number of carbonyl (C=O) groups is 2. The Morgan fingerprint density at radius 1 is 1.00 bits per heavy atom. The van der Waals surface area contributed by atoms with Gasteiger partial charge in [-0.2, -0.15) is 0 Å². The number of hydrogen-bond acceptors (Lipinski definition) is 3. The number of nitrogens with zero attached hydrogens (tertiary/aromatic N) is 1. The zero-order valence-corrected chi connectivity index (χ0v) is 23.3. The molecule has 1 fully saturated rings. The maximum Gasteiger partial charge on any atom is 0.162 e. The average molecular weight is 500 g/mol. The molecule has 0 bridgehead atoms. The Labute approximate surface area is 225 Å². The lowest BCUT2D eigenvalue weighted by molar-refractivity contribution is 0.0976. The summed E-state index contributed by atoms with van der Waals surface area (Å²) in [4.78, 5) is 27.9. The fourth-order valence-corrected chi connectivity index (χ4v) is 4.65. The molecule has 4 rings (SSSR count). The number of hydrogen-bond donors (Lipinski definition) is 0. The van der Waals surface area contributed by atoms with Crippen molar-refractivity contribution in [3.63, 3.8) is 0 Å². The summed E-state index contributed by atoms with van der Waals surface area (Å²) in [6.45, 7) is 13.3. The third-order valence-electron chi connectivity index (χ3n) is 6.70. The molecule has 3 nitrogen and oxygen atoms in total. The average Bonchev–Trinajstić information content (AvgIpc) is 3.44. The number of pyridine rings is 1. The lowest BCUT2D eigenvalue weighted by atomic mass is 9.97. The third kappa shape index (κ3) is 9.57. The van der Waals surface area contributed by atoms with E-state index in [1.807, 2.05) is 88.4 Å². The van der Waals surface area contributed by atoms with Crippen LogP contribution in [0.3, 0.4) is 0 Å². The van der Waals surface area contributed by atoms with Crippen LogP contribution < -0.4 is 0 Å². The molecule has 2 aromatic carbocycles. The number of aryl methyl sites for hydroxylation is 2. The Morgan fingerprint density at radius 3 is 2.27 bits per heavy atom. The quantitative estimate of drug-likeness (QED) is 0.290. The van der Waals surface area contributed by atoms with Gasteiger partial charge in [0.15, 0.2) is 11.6 Å². The van der Waals surface area contributed by atoms with Gasteiger partial charge in [0.2, 0.25) is 0 Å². The number of rotatable bonds is 8. The number of Topliss-reactive ketones (excluding diaryl/α,β-unsaturated/α-hetero) is 2. The molecule has 1 heterocycles. The molecule has 0 unspecified atom stereocenters. The van der Waals surface area contributed by atoms with E-state index in [0.29, 0.717) is 11.3 Å². The smallest absolute Gasteiger partial charge is 0.162 e. The monoisotopic (exact) mass is 499 g/mol. The topological polar surface area (TPSA) is 47.0 Å². The van der Waals surface area contributed by atoms with Crippen molar-refractivity contribution >= 4 is 17.6 Å². The Bertz CT molecular complexity index is 1160. The van der Waals surface area contributed by atoms with Gasteiger partial charge in [0.05, 0.1) is 5.69 Å². The van der Waals surface area contributed by atoms with E-state index in [4.69, 9.17) is 0 Å². The summed E-state index contributed by atoms with van der Waals surface area (Å²) >= 11 is 0. The van der Waals surface area contributed by atoms with Gasteiger partial charge in [0, 0.05) is 30.2 Å². The van der Waals surface area contributed by atoms with Crippen LogP contribution in [0.15, 0.2) is 67.2 Å². The van der Waals surface area contributed by atoms with Gasteiger partial charge in [0.25, 0.3) is 0 Å². The first-order valence-electron chi connectivity index (χ1n) is 13.7. The minimum absolute atomic E-state index is 0. The Balaban J connectivity index is 0.000000349. The van der Waals surface area contributed by atoms with Crippen molar-refractivity contribution in [2.45, 2.75) is 79.6 Å². The summed E-state index contributed by atoms with van der Waals surface area (Å²) in [5.74, 6) is 1.26. The standard InChI is InChI=1S/C16H15NO.C16H22O.C2H6.H2/c1-4-13-10-14(8-9-15(13)12(3)18)16-7-5-6-11(2)17-16;1-13-9-11-15(12-10-13)16(17)8-4-7-14-5-2-3-6-14;1-2;/h4-10H,1H2,2-3H3;9-12,14H,2-8H2,1H3;1-2H3;1H.